The average Bonchev–Trinajstić information content (AvgIpc) is 3.01. The van der Waals surface area contributed by atoms with Crippen molar-refractivity contribution in [3.63, 3.8) is 0 Å². The van der Waals surface area contributed by atoms with E-state index in [4.69, 9.17) is 21.1 Å². The third kappa shape index (κ3) is 4.44. The second kappa shape index (κ2) is 8.06. The van der Waals surface area contributed by atoms with Gasteiger partial charge in [-0.2, -0.15) is 0 Å². The number of nitro benzene ring substituents is 1. The summed E-state index contributed by atoms with van der Waals surface area (Å²) < 4.78 is 10.7. The van der Waals surface area contributed by atoms with Crippen LogP contribution in [0.5, 0.6) is 5.75 Å². The molecule has 0 radical (unpaired) electrons. The number of halogens is 1. The first-order valence-corrected chi connectivity index (χ1v) is 8.55. The summed E-state index contributed by atoms with van der Waals surface area (Å²) in [6.45, 7) is 6.07. The van der Waals surface area contributed by atoms with Gasteiger partial charge in [-0.15, -0.1) is 0 Å². The minimum atomic E-state index is -0.643. The predicted molar refractivity (Wildman–Crippen MR) is 105 cm³/mol. The summed E-state index contributed by atoms with van der Waals surface area (Å²) in [5.74, 6) is 0.0180. The standard InChI is InChI=1S/C20H15ClN2O5/c1-12(2)11-27-15-6-3-13(4-7-15)9-17-20(24)28-19(22-17)14-5-8-16(21)18(10-14)23(25)26/h3-10H,1,11H2,2H3/b17-9-. The summed E-state index contributed by atoms with van der Waals surface area (Å²) in [4.78, 5) is 26.6. The van der Waals surface area contributed by atoms with Crippen LogP contribution in [0, 0.1) is 10.1 Å². The van der Waals surface area contributed by atoms with Gasteiger partial charge in [-0.25, -0.2) is 9.79 Å². The summed E-state index contributed by atoms with van der Waals surface area (Å²) in [6, 6.07) is 11.1. The molecule has 1 heterocycles. The highest BCUT2D eigenvalue weighted by atomic mass is 35.5. The number of hydrogen-bond donors (Lipinski definition) is 0. The molecule has 0 bridgehead atoms. The zero-order chi connectivity index (χ0) is 20.3. The molecule has 0 aromatic heterocycles. The number of benzene rings is 2. The van der Waals surface area contributed by atoms with Crippen molar-refractivity contribution in [2.75, 3.05) is 6.61 Å². The van der Waals surface area contributed by atoms with E-state index in [9.17, 15) is 14.9 Å². The zero-order valence-electron chi connectivity index (χ0n) is 14.8. The van der Waals surface area contributed by atoms with E-state index in [2.05, 4.69) is 11.6 Å². The van der Waals surface area contributed by atoms with Gasteiger partial charge in [0.2, 0.25) is 5.90 Å². The van der Waals surface area contributed by atoms with E-state index in [-0.39, 0.29) is 27.9 Å². The zero-order valence-corrected chi connectivity index (χ0v) is 15.6. The lowest BCUT2D eigenvalue weighted by Gasteiger charge is -2.05. The topological polar surface area (TPSA) is 91.0 Å². The molecule has 0 fully saturated rings. The first-order valence-electron chi connectivity index (χ1n) is 8.17. The van der Waals surface area contributed by atoms with Crippen LogP contribution in [0.1, 0.15) is 18.1 Å². The largest absolute Gasteiger partial charge is 0.489 e. The van der Waals surface area contributed by atoms with E-state index in [1.807, 2.05) is 6.92 Å². The Balaban J connectivity index is 1.83. The fourth-order valence-corrected chi connectivity index (χ4v) is 2.53. The van der Waals surface area contributed by atoms with Crippen molar-refractivity contribution in [1.82, 2.24) is 0 Å². The Kier molecular flexibility index (Phi) is 5.56. The van der Waals surface area contributed by atoms with Gasteiger partial charge in [0.25, 0.3) is 5.69 Å². The van der Waals surface area contributed by atoms with Crippen LogP contribution in [-0.2, 0) is 9.53 Å². The molecule has 0 aliphatic carbocycles. The van der Waals surface area contributed by atoms with Gasteiger partial charge in [0.15, 0.2) is 5.70 Å². The maximum absolute atomic E-state index is 12.1. The van der Waals surface area contributed by atoms with Gasteiger partial charge in [-0.3, -0.25) is 10.1 Å². The van der Waals surface area contributed by atoms with E-state index in [1.165, 1.54) is 18.2 Å². The monoisotopic (exact) mass is 398 g/mol. The molecular formula is C20H15ClN2O5. The molecule has 0 N–H and O–H groups in total. The van der Waals surface area contributed by atoms with E-state index in [1.54, 1.807) is 30.3 Å². The number of hydrogen-bond acceptors (Lipinski definition) is 6. The number of rotatable bonds is 6. The second-order valence-corrected chi connectivity index (χ2v) is 6.48. The molecule has 0 unspecified atom stereocenters. The van der Waals surface area contributed by atoms with Crippen LogP contribution in [0.15, 0.2) is 65.3 Å². The Morgan fingerprint density at radius 2 is 2.04 bits per heavy atom. The highest BCUT2D eigenvalue weighted by molar-refractivity contribution is 6.32. The first-order chi connectivity index (χ1) is 13.3. The summed E-state index contributed by atoms with van der Waals surface area (Å²) in [5, 5.41) is 11.0. The molecule has 1 aliphatic rings. The van der Waals surface area contributed by atoms with Gasteiger partial charge < -0.3 is 9.47 Å². The summed E-state index contributed by atoms with van der Waals surface area (Å²) >= 11 is 5.80. The van der Waals surface area contributed by atoms with Gasteiger partial charge in [0.05, 0.1) is 4.92 Å². The average molecular weight is 399 g/mol. The molecular weight excluding hydrogens is 384 g/mol. The van der Waals surface area contributed by atoms with Crippen molar-refractivity contribution in [3.8, 4) is 5.75 Å². The molecule has 2 aromatic carbocycles. The minimum absolute atomic E-state index is 0.0107. The van der Waals surface area contributed by atoms with Crippen molar-refractivity contribution in [2.24, 2.45) is 4.99 Å². The lowest BCUT2D eigenvalue weighted by Crippen LogP contribution is -2.06. The molecule has 2 aromatic rings. The van der Waals surface area contributed by atoms with Crippen LogP contribution in [0.25, 0.3) is 6.08 Å². The Hall–Kier alpha value is -3.45. The number of nitrogens with zero attached hydrogens (tertiary/aromatic N) is 2. The van der Waals surface area contributed by atoms with Gasteiger partial charge in [0.1, 0.15) is 17.4 Å². The molecule has 0 saturated heterocycles. The fraction of sp³-hybridized carbons (Fsp3) is 0.100. The normalized spacial score (nSPS) is 14.6. The lowest BCUT2D eigenvalue weighted by atomic mass is 10.2. The number of carbonyl (C=O) groups is 1. The maximum Gasteiger partial charge on any atom is 0.363 e. The number of aliphatic imine (C=N–C) groups is 1. The van der Waals surface area contributed by atoms with Crippen LogP contribution in [0.3, 0.4) is 0 Å². The smallest absolute Gasteiger partial charge is 0.363 e. The SMILES string of the molecule is C=C(C)COc1ccc(/C=C2\N=C(c3ccc(Cl)c([N+](=O)[O-])c3)OC2=O)cc1. The van der Waals surface area contributed by atoms with Gasteiger partial charge >= 0.3 is 5.97 Å². The first kappa shape index (κ1) is 19.3. The molecule has 3 rings (SSSR count). The minimum Gasteiger partial charge on any atom is -0.489 e. The number of ether oxygens (including phenoxy) is 2. The van der Waals surface area contributed by atoms with Crippen LogP contribution in [0.4, 0.5) is 5.69 Å². The molecule has 0 atom stereocenters. The molecule has 0 amide bonds. The molecule has 0 saturated carbocycles. The van der Waals surface area contributed by atoms with E-state index < -0.39 is 10.9 Å². The molecule has 7 nitrogen and oxygen atoms in total. The summed E-state index contributed by atoms with van der Waals surface area (Å²) in [7, 11) is 0. The lowest BCUT2D eigenvalue weighted by molar-refractivity contribution is -0.384. The Bertz CT molecular complexity index is 1030. The predicted octanol–water partition coefficient (Wildman–Crippen LogP) is 4.55. The third-order valence-electron chi connectivity index (χ3n) is 3.68. The quantitative estimate of drug-likeness (QED) is 0.234. The maximum atomic E-state index is 12.1. The van der Waals surface area contributed by atoms with Crippen molar-refractivity contribution < 1.29 is 19.2 Å². The van der Waals surface area contributed by atoms with E-state index in [0.717, 1.165) is 11.1 Å². The highest BCUT2D eigenvalue weighted by Crippen LogP contribution is 2.27. The molecule has 28 heavy (non-hydrogen) atoms. The van der Waals surface area contributed by atoms with Crippen LogP contribution >= 0.6 is 11.6 Å². The Morgan fingerprint density at radius 1 is 1.32 bits per heavy atom. The fourth-order valence-electron chi connectivity index (χ4n) is 2.34. The van der Waals surface area contributed by atoms with Crippen LogP contribution in [-0.4, -0.2) is 23.4 Å². The van der Waals surface area contributed by atoms with Crippen molar-refractivity contribution >= 4 is 35.2 Å². The van der Waals surface area contributed by atoms with Crippen molar-refractivity contribution in [3.05, 3.63) is 86.6 Å². The Morgan fingerprint density at radius 3 is 2.68 bits per heavy atom. The third-order valence-corrected chi connectivity index (χ3v) is 4.00. The Labute approximate surface area is 165 Å². The van der Waals surface area contributed by atoms with Crippen molar-refractivity contribution in [2.45, 2.75) is 6.92 Å². The summed E-state index contributed by atoms with van der Waals surface area (Å²) in [5.41, 5.74) is 1.71. The summed E-state index contributed by atoms with van der Waals surface area (Å²) in [6.07, 6.45) is 1.56. The molecule has 0 spiro atoms. The second-order valence-electron chi connectivity index (χ2n) is 6.07. The number of cyclic esters (lactones) is 1. The van der Waals surface area contributed by atoms with E-state index in [0.29, 0.717) is 12.4 Å². The van der Waals surface area contributed by atoms with Gasteiger partial charge in [-0.05, 0) is 48.4 Å². The van der Waals surface area contributed by atoms with Gasteiger partial charge in [-0.1, -0.05) is 30.3 Å². The number of carbonyl (C=O) groups excluding carboxylic acids is 1. The van der Waals surface area contributed by atoms with Crippen LogP contribution < -0.4 is 4.74 Å². The van der Waals surface area contributed by atoms with Gasteiger partial charge in [0, 0.05) is 11.6 Å². The number of nitro groups is 1. The highest BCUT2D eigenvalue weighted by Gasteiger charge is 2.26. The number of esters is 1. The van der Waals surface area contributed by atoms with E-state index >= 15 is 0 Å². The molecule has 1 aliphatic heterocycles. The molecule has 142 valence electrons. The van der Waals surface area contributed by atoms with Crippen molar-refractivity contribution in [1.29, 1.82) is 0 Å². The molecule has 8 heteroatoms. The van der Waals surface area contributed by atoms with Crippen LogP contribution in [0.2, 0.25) is 5.02 Å².